The van der Waals surface area contributed by atoms with Crippen molar-refractivity contribution in [3.63, 3.8) is 0 Å². The smallest absolute Gasteiger partial charge is 0.251 e. The fraction of sp³-hybridized carbons (Fsp3) is 0.333. The third-order valence-corrected chi connectivity index (χ3v) is 4.98. The Morgan fingerprint density at radius 3 is 2.96 bits per heavy atom. The van der Waals surface area contributed by atoms with Gasteiger partial charge in [-0.15, -0.1) is 0 Å². The van der Waals surface area contributed by atoms with Crippen molar-refractivity contribution in [2.75, 3.05) is 13.1 Å². The van der Waals surface area contributed by atoms with Crippen molar-refractivity contribution in [2.24, 2.45) is 0 Å². The highest BCUT2D eigenvalue weighted by Crippen LogP contribution is 2.28. The van der Waals surface area contributed by atoms with Crippen LogP contribution in [0.2, 0.25) is 0 Å². The molecule has 0 unspecified atom stereocenters. The second-order valence-electron chi connectivity index (χ2n) is 7.08. The zero-order valence-corrected chi connectivity index (χ0v) is 15.2. The SMILES string of the molecule is Cc1nc([C@@H]2CCCN(Cc3ccc(-c4ccccc4F)o3)C2)cc(=O)[nH]1. The molecule has 1 atom stereocenters. The number of benzene rings is 1. The third kappa shape index (κ3) is 4.01. The molecule has 4 rings (SSSR count). The number of nitrogens with one attached hydrogen (secondary N) is 1. The van der Waals surface area contributed by atoms with E-state index < -0.39 is 0 Å². The summed E-state index contributed by atoms with van der Waals surface area (Å²) >= 11 is 0. The number of aromatic amines is 1. The molecule has 0 aliphatic carbocycles. The van der Waals surface area contributed by atoms with E-state index in [9.17, 15) is 9.18 Å². The summed E-state index contributed by atoms with van der Waals surface area (Å²) < 4.78 is 19.8. The van der Waals surface area contributed by atoms with Gasteiger partial charge in [-0.3, -0.25) is 9.69 Å². The zero-order chi connectivity index (χ0) is 18.8. The van der Waals surface area contributed by atoms with Crippen molar-refractivity contribution >= 4 is 0 Å². The van der Waals surface area contributed by atoms with Crippen LogP contribution in [0.3, 0.4) is 0 Å². The second-order valence-corrected chi connectivity index (χ2v) is 7.08. The predicted octanol–water partition coefficient (Wildman–Crippen LogP) is 3.86. The lowest BCUT2D eigenvalue weighted by Gasteiger charge is -2.31. The van der Waals surface area contributed by atoms with Crippen LogP contribution in [0.5, 0.6) is 0 Å². The number of likely N-dealkylation sites (tertiary alicyclic amines) is 1. The molecule has 27 heavy (non-hydrogen) atoms. The van der Waals surface area contributed by atoms with Crippen LogP contribution >= 0.6 is 0 Å². The first kappa shape index (κ1) is 17.7. The van der Waals surface area contributed by atoms with Gasteiger partial charge in [-0.2, -0.15) is 0 Å². The fourth-order valence-electron chi connectivity index (χ4n) is 3.74. The van der Waals surface area contributed by atoms with E-state index in [1.54, 1.807) is 31.2 Å². The topological polar surface area (TPSA) is 62.1 Å². The van der Waals surface area contributed by atoms with Gasteiger partial charge >= 0.3 is 0 Å². The first-order valence-electron chi connectivity index (χ1n) is 9.22. The Bertz CT molecular complexity index is 995. The Labute approximate surface area is 156 Å². The molecule has 1 saturated heterocycles. The summed E-state index contributed by atoms with van der Waals surface area (Å²) in [7, 11) is 0. The van der Waals surface area contributed by atoms with E-state index in [4.69, 9.17) is 4.42 Å². The van der Waals surface area contributed by atoms with Crippen LogP contribution in [0, 0.1) is 12.7 Å². The lowest BCUT2D eigenvalue weighted by Crippen LogP contribution is -2.34. The molecule has 0 spiro atoms. The number of H-pyrrole nitrogens is 1. The maximum Gasteiger partial charge on any atom is 0.251 e. The first-order valence-corrected chi connectivity index (χ1v) is 9.22. The van der Waals surface area contributed by atoms with E-state index in [1.165, 1.54) is 6.07 Å². The van der Waals surface area contributed by atoms with Crippen LogP contribution in [-0.4, -0.2) is 28.0 Å². The van der Waals surface area contributed by atoms with E-state index in [1.807, 2.05) is 12.1 Å². The highest BCUT2D eigenvalue weighted by Gasteiger charge is 2.24. The quantitative estimate of drug-likeness (QED) is 0.761. The molecule has 1 aliphatic rings. The summed E-state index contributed by atoms with van der Waals surface area (Å²) in [6.45, 7) is 4.26. The predicted molar refractivity (Wildman–Crippen MR) is 101 cm³/mol. The number of aromatic nitrogens is 2. The molecule has 6 heteroatoms. The van der Waals surface area contributed by atoms with Gasteiger partial charge in [0.15, 0.2) is 0 Å². The lowest BCUT2D eigenvalue weighted by molar-refractivity contribution is 0.185. The number of hydrogen-bond donors (Lipinski definition) is 1. The van der Waals surface area contributed by atoms with E-state index in [0.29, 0.717) is 23.7 Å². The number of rotatable bonds is 4. The highest BCUT2D eigenvalue weighted by molar-refractivity contribution is 5.58. The maximum absolute atomic E-state index is 13.9. The van der Waals surface area contributed by atoms with Gasteiger partial charge in [0.25, 0.3) is 5.56 Å². The molecule has 1 fully saturated rings. The molecule has 1 N–H and O–H groups in total. The molecule has 0 radical (unpaired) electrons. The van der Waals surface area contributed by atoms with Crippen molar-refractivity contribution in [3.05, 3.63) is 75.9 Å². The number of nitrogens with zero attached hydrogens (tertiary/aromatic N) is 2. The minimum Gasteiger partial charge on any atom is -0.460 e. The van der Waals surface area contributed by atoms with Crippen LogP contribution in [0.25, 0.3) is 11.3 Å². The number of aryl methyl sites for hydroxylation is 1. The standard InChI is InChI=1S/C21H22FN3O2/c1-14-23-19(11-21(26)24-14)15-5-4-10-25(12-15)13-16-8-9-20(27-16)17-6-2-3-7-18(17)22/h2-3,6-9,11,15H,4-5,10,12-13H2,1H3,(H,23,24,26)/t15-/m1/s1. The molecule has 3 aromatic rings. The Kier molecular flexibility index (Phi) is 4.90. The molecule has 0 bridgehead atoms. The molecule has 0 amide bonds. The Balaban J connectivity index is 1.47. The van der Waals surface area contributed by atoms with E-state index in [0.717, 1.165) is 37.4 Å². The number of hydrogen-bond acceptors (Lipinski definition) is 4. The van der Waals surface area contributed by atoms with Crippen LogP contribution < -0.4 is 5.56 Å². The van der Waals surface area contributed by atoms with Crippen molar-refractivity contribution in [1.29, 1.82) is 0 Å². The number of halogens is 1. The Morgan fingerprint density at radius 2 is 2.15 bits per heavy atom. The molecule has 140 valence electrons. The van der Waals surface area contributed by atoms with E-state index in [-0.39, 0.29) is 17.3 Å². The van der Waals surface area contributed by atoms with Crippen LogP contribution in [-0.2, 0) is 6.54 Å². The van der Waals surface area contributed by atoms with Crippen LogP contribution in [0.4, 0.5) is 4.39 Å². The van der Waals surface area contributed by atoms with Gasteiger partial charge < -0.3 is 9.40 Å². The molecule has 0 saturated carbocycles. The summed E-state index contributed by atoms with van der Waals surface area (Å²) in [5.41, 5.74) is 1.23. The van der Waals surface area contributed by atoms with Gasteiger partial charge in [0.2, 0.25) is 0 Å². The molecule has 3 heterocycles. The molecule has 2 aromatic heterocycles. The lowest BCUT2D eigenvalue weighted by atomic mass is 9.94. The number of furan rings is 1. The minimum absolute atomic E-state index is 0.102. The largest absolute Gasteiger partial charge is 0.460 e. The molecule has 5 nitrogen and oxygen atoms in total. The summed E-state index contributed by atoms with van der Waals surface area (Å²) in [4.78, 5) is 21.2. The fourth-order valence-corrected chi connectivity index (χ4v) is 3.74. The second kappa shape index (κ2) is 7.48. The monoisotopic (exact) mass is 367 g/mol. The summed E-state index contributed by atoms with van der Waals surface area (Å²) in [5, 5.41) is 0. The van der Waals surface area contributed by atoms with E-state index >= 15 is 0 Å². The van der Waals surface area contributed by atoms with Gasteiger partial charge in [0, 0.05) is 18.5 Å². The minimum atomic E-state index is -0.285. The summed E-state index contributed by atoms with van der Waals surface area (Å²) in [6.07, 6.45) is 2.06. The molecular formula is C21H22FN3O2. The highest BCUT2D eigenvalue weighted by atomic mass is 19.1. The average Bonchev–Trinajstić information content (AvgIpc) is 3.10. The molecule has 1 aliphatic heterocycles. The summed E-state index contributed by atoms with van der Waals surface area (Å²) in [6, 6.07) is 11.9. The number of piperidine rings is 1. The van der Waals surface area contributed by atoms with Gasteiger partial charge in [-0.05, 0) is 50.6 Å². The average molecular weight is 367 g/mol. The zero-order valence-electron chi connectivity index (χ0n) is 15.2. The van der Waals surface area contributed by atoms with Gasteiger partial charge in [0.1, 0.15) is 23.2 Å². The van der Waals surface area contributed by atoms with Crippen LogP contribution in [0.1, 0.15) is 36.0 Å². The first-order chi connectivity index (χ1) is 13.1. The normalized spacial score (nSPS) is 17.9. The van der Waals surface area contributed by atoms with Crippen molar-refractivity contribution in [2.45, 2.75) is 32.2 Å². The maximum atomic E-state index is 13.9. The van der Waals surface area contributed by atoms with E-state index in [2.05, 4.69) is 14.9 Å². The van der Waals surface area contributed by atoms with Crippen molar-refractivity contribution in [3.8, 4) is 11.3 Å². The molecular weight excluding hydrogens is 345 g/mol. The van der Waals surface area contributed by atoms with Crippen LogP contribution in [0.15, 0.2) is 51.7 Å². The van der Waals surface area contributed by atoms with Gasteiger partial charge in [-0.1, -0.05) is 12.1 Å². The van der Waals surface area contributed by atoms with Crippen molar-refractivity contribution in [1.82, 2.24) is 14.9 Å². The van der Waals surface area contributed by atoms with Gasteiger partial charge in [0.05, 0.1) is 17.8 Å². The van der Waals surface area contributed by atoms with Gasteiger partial charge in [-0.25, -0.2) is 9.37 Å². The Hall–Kier alpha value is -2.73. The summed E-state index contributed by atoms with van der Waals surface area (Å²) in [5.74, 6) is 1.95. The molecule has 1 aromatic carbocycles. The third-order valence-electron chi connectivity index (χ3n) is 4.98. The Morgan fingerprint density at radius 1 is 1.30 bits per heavy atom. The van der Waals surface area contributed by atoms with Crippen molar-refractivity contribution < 1.29 is 8.81 Å².